The molecule has 2 rings (SSSR count). The van der Waals surface area contributed by atoms with E-state index in [0.717, 1.165) is 0 Å². The number of hydrogen-bond donors (Lipinski definition) is 2. The highest BCUT2D eigenvalue weighted by Gasteiger charge is 2.42. The Labute approximate surface area is 92.0 Å². The number of aliphatic carboxylic acids is 1. The van der Waals surface area contributed by atoms with Crippen LogP contribution in [0.1, 0.15) is 6.42 Å². The molecule has 0 atom stereocenters. The van der Waals surface area contributed by atoms with E-state index in [1.54, 1.807) is 12.1 Å². The lowest BCUT2D eigenvalue weighted by Crippen LogP contribution is -2.64. The summed E-state index contributed by atoms with van der Waals surface area (Å²) in [6.07, 6.45) is -0.131. The fraction of sp³-hybridized carbons (Fsp3) is 0.364. The molecule has 0 unspecified atom stereocenters. The van der Waals surface area contributed by atoms with E-state index in [1.807, 2.05) is 0 Å². The van der Waals surface area contributed by atoms with E-state index in [9.17, 15) is 9.18 Å². The Hall–Kier alpha value is -1.62. The Balaban J connectivity index is 2.13. The SMILES string of the molecule is O=C(O)CC1(Oc2ccccc2F)CNC1. The second-order valence-electron chi connectivity index (χ2n) is 3.89. The zero-order valence-corrected chi connectivity index (χ0v) is 8.57. The van der Waals surface area contributed by atoms with Gasteiger partial charge in [0.25, 0.3) is 0 Å². The number of carboxylic acids is 1. The smallest absolute Gasteiger partial charge is 0.307 e. The van der Waals surface area contributed by atoms with Crippen molar-refractivity contribution in [1.29, 1.82) is 0 Å². The van der Waals surface area contributed by atoms with E-state index in [-0.39, 0.29) is 12.2 Å². The third kappa shape index (κ3) is 2.14. The maximum Gasteiger partial charge on any atom is 0.307 e. The summed E-state index contributed by atoms with van der Waals surface area (Å²) in [5.41, 5.74) is -0.811. The fourth-order valence-electron chi connectivity index (χ4n) is 1.67. The summed E-state index contributed by atoms with van der Waals surface area (Å²) in [6, 6.07) is 6.00. The Morgan fingerprint density at radius 3 is 2.69 bits per heavy atom. The summed E-state index contributed by atoms with van der Waals surface area (Å²) in [7, 11) is 0. The molecular weight excluding hydrogens is 213 g/mol. The van der Waals surface area contributed by atoms with Gasteiger partial charge in [0.1, 0.15) is 5.60 Å². The largest absolute Gasteiger partial charge is 0.481 e. The summed E-state index contributed by atoms with van der Waals surface area (Å²) in [5.74, 6) is -1.32. The van der Waals surface area contributed by atoms with Gasteiger partial charge in [-0.05, 0) is 12.1 Å². The lowest BCUT2D eigenvalue weighted by Gasteiger charge is -2.41. The van der Waals surface area contributed by atoms with Gasteiger partial charge in [-0.25, -0.2) is 4.39 Å². The van der Waals surface area contributed by atoms with Crippen molar-refractivity contribution in [2.45, 2.75) is 12.0 Å². The molecule has 1 aromatic rings. The van der Waals surface area contributed by atoms with Crippen LogP contribution in [0.5, 0.6) is 5.75 Å². The van der Waals surface area contributed by atoms with Crippen LogP contribution >= 0.6 is 0 Å². The summed E-state index contributed by atoms with van der Waals surface area (Å²) < 4.78 is 18.8. The van der Waals surface area contributed by atoms with E-state index >= 15 is 0 Å². The zero-order chi connectivity index (χ0) is 11.6. The monoisotopic (exact) mass is 225 g/mol. The van der Waals surface area contributed by atoms with E-state index in [0.29, 0.717) is 13.1 Å². The first-order valence-electron chi connectivity index (χ1n) is 4.97. The van der Waals surface area contributed by atoms with Crippen LogP contribution in [0.4, 0.5) is 4.39 Å². The minimum Gasteiger partial charge on any atom is -0.481 e. The highest BCUT2D eigenvalue weighted by atomic mass is 19.1. The number of carbonyl (C=O) groups is 1. The number of nitrogens with one attached hydrogen (secondary N) is 1. The Morgan fingerprint density at radius 2 is 2.19 bits per heavy atom. The molecule has 1 heterocycles. The van der Waals surface area contributed by atoms with Gasteiger partial charge in [0, 0.05) is 13.1 Å². The minimum absolute atomic E-state index is 0.102. The van der Waals surface area contributed by atoms with Crippen LogP contribution in [-0.2, 0) is 4.79 Å². The third-order valence-electron chi connectivity index (χ3n) is 2.53. The van der Waals surface area contributed by atoms with Crippen LogP contribution in [0.2, 0.25) is 0 Å². The number of rotatable bonds is 4. The molecule has 2 N–H and O–H groups in total. The molecule has 1 aliphatic heterocycles. The molecule has 4 nitrogen and oxygen atoms in total. The number of benzene rings is 1. The number of para-hydroxylation sites is 1. The van der Waals surface area contributed by atoms with Crippen LogP contribution in [0.3, 0.4) is 0 Å². The Bertz CT molecular complexity index is 404. The van der Waals surface area contributed by atoms with Crippen molar-refractivity contribution in [3.8, 4) is 5.75 Å². The zero-order valence-electron chi connectivity index (χ0n) is 8.57. The standard InChI is InChI=1S/C11H12FNO3/c12-8-3-1-2-4-9(8)16-11(5-10(14)15)6-13-7-11/h1-4,13H,5-7H2,(H,14,15). The molecule has 0 bridgehead atoms. The Morgan fingerprint density at radius 1 is 1.50 bits per heavy atom. The van der Waals surface area contributed by atoms with Crippen LogP contribution in [0, 0.1) is 5.82 Å². The van der Waals surface area contributed by atoms with E-state index in [1.165, 1.54) is 12.1 Å². The average molecular weight is 225 g/mol. The van der Waals surface area contributed by atoms with Crippen molar-refractivity contribution in [3.05, 3.63) is 30.1 Å². The topological polar surface area (TPSA) is 58.6 Å². The highest BCUT2D eigenvalue weighted by molar-refractivity contribution is 5.68. The van der Waals surface area contributed by atoms with Gasteiger partial charge in [-0.3, -0.25) is 4.79 Å². The molecule has 86 valence electrons. The van der Waals surface area contributed by atoms with E-state index < -0.39 is 17.4 Å². The maximum absolute atomic E-state index is 13.3. The average Bonchev–Trinajstić information content (AvgIpc) is 2.17. The minimum atomic E-state index is -0.946. The van der Waals surface area contributed by atoms with Crippen molar-refractivity contribution in [3.63, 3.8) is 0 Å². The number of ether oxygens (including phenoxy) is 1. The summed E-state index contributed by atoms with van der Waals surface area (Å²) in [4.78, 5) is 10.7. The molecule has 0 saturated carbocycles. The van der Waals surface area contributed by atoms with Gasteiger partial charge in [0.15, 0.2) is 11.6 Å². The van der Waals surface area contributed by atoms with Crippen molar-refractivity contribution >= 4 is 5.97 Å². The quantitative estimate of drug-likeness (QED) is 0.803. The van der Waals surface area contributed by atoms with Crippen molar-refractivity contribution in [1.82, 2.24) is 5.32 Å². The molecule has 0 amide bonds. The van der Waals surface area contributed by atoms with Gasteiger partial charge in [-0.1, -0.05) is 12.1 Å². The molecule has 0 aliphatic carbocycles. The van der Waals surface area contributed by atoms with Crippen molar-refractivity contribution in [2.75, 3.05) is 13.1 Å². The molecule has 0 spiro atoms. The molecule has 0 aromatic heterocycles. The van der Waals surface area contributed by atoms with E-state index in [4.69, 9.17) is 9.84 Å². The molecule has 0 radical (unpaired) electrons. The first kappa shape index (κ1) is 10.9. The second-order valence-corrected chi connectivity index (χ2v) is 3.89. The lowest BCUT2D eigenvalue weighted by atomic mass is 9.92. The van der Waals surface area contributed by atoms with Crippen molar-refractivity contribution in [2.24, 2.45) is 0 Å². The first-order chi connectivity index (χ1) is 7.61. The number of halogens is 1. The van der Waals surface area contributed by atoms with Gasteiger partial charge in [0.2, 0.25) is 0 Å². The van der Waals surface area contributed by atoms with Gasteiger partial charge in [0.05, 0.1) is 6.42 Å². The Kier molecular flexibility index (Phi) is 2.78. The molecule has 1 aliphatic rings. The maximum atomic E-state index is 13.3. The van der Waals surface area contributed by atoms with Gasteiger partial charge in [-0.15, -0.1) is 0 Å². The third-order valence-corrected chi connectivity index (χ3v) is 2.53. The summed E-state index contributed by atoms with van der Waals surface area (Å²) in [5, 5.41) is 11.7. The van der Waals surface area contributed by atoms with Gasteiger partial charge < -0.3 is 15.2 Å². The lowest BCUT2D eigenvalue weighted by molar-refractivity contribution is -0.143. The number of carboxylic acid groups (broad SMARTS) is 1. The van der Waals surface area contributed by atoms with Crippen LogP contribution in [-0.4, -0.2) is 29.8 Å². The van der Waals surface area contributed by atoms with Crippen LogP contribution in [0.25, 0.3) is 0 Å². The fourth-order valence-corrected chi connectivity index (χ4v) is 1.67. The van der Waals surface area contributed by atoms with Crippen LogP contribution in [0.15, 0.2) is 24.3 Å². The van der Waals surface area contributed by atoms with Crippen molar-refractivity contribution < 1.29 is 19.0 Å². The molecule has 5 heteroatoms. The van der Waals surface area contributed by atoms with Gasteiger partial charge in [-0.2, -0.15) is 0 Å². The summed E-state index contributed by atoms with van der Waals surface area (Å²) in [6.45, 7) is 0.848. The van der Waals surface area contributed by atoms with Crippen LogP contribution < -0.4 is 10.1 Å². The number of hydrogen-bond acceptors (Lipinski definition) is 3. The summed E-state index contributed by atoms with van der Waals surface area (Å²) >= 11 is 0. The molecular formula is C11H12FNO3. The van der Waals surface area contributed by atoms with E-state index in [2.05, 4.69) is 5.32 Å². The first-order valence-corrected chi connectivity index (χ1v) is 4.97. The second kappa shape index (κ2) is 4.09. The predicted molar refractivity (Wildman–Crippen MR) is 54.9 cm³/mol. The normalized spacial score (nSPS) is 17.6. The van der Waals surface area contributed by atoms with Gasteiger partial charge >= 0.3 is 5.97 Å². The molecule has 1 fully saturated rings. The predicted octanol–water partition coefficient (Wildman–Crippen LogP) is 1.02. The molecule has 1 saturated heterocycles. The highest BCUT2D eigenvalue weighted by Crippen LogP contribution is 2.27. The molecule has 16 heavy (non-hydrogen) atoms. The molecule has 1 aromatic carbocycles.